The van der Waals surface area contributed by atoms with Gasteiger partial charge in [-0.15, -0.1) is 0 Å². The van der Waals surface area contributed by atoms with Crippen LogP contribution < -0.4 is 11.0 Å². The Morgan fingerprint density at radius 2 is 1.85 bits per heavy atom. The minimum Gasteiger partial charge on any atom is -0.507 e. The molecule has 7 heteroatoms. The summed E-state index contributed by atoms with van der Waals surface area (Å²) in [5, 5.41) is 17.4. The Kier molecular flexibility index (Phi) is 5.01. The summed E-state index contributed by atoms with van der Waals surface area (Å²) in [6.07, 6.45) is 7.77. The highest BCUT2D eigenvalue weighted by Gasteiger charge is 2.18. The number of fused-ring (bicyclic) bond motifs is 2. The van der Waals surface area contributed by atoms with Crippen molar-refractivity contribution in [3.63, 3.8) is 0 Å². The van der Waals surface area contributed by atoms with Crippen LogP contribution in [0.5, 0.6) is 5.75 Å². The van der Waals surface area contributed by atoms with Crippen LogP contribution >= 0.6 is 0 Å². The molecule has 0 fully saturated rings. The molecule has 1 aliphatic heterocycles. The largest absolute Gasteiger partial charge is 0.507 e. The van der Waals surface area contributed by atoms with E-state index in [9.17, 15) is 14.7 Å². The first-order valence-electron chi connectivity index (χ1n) is 9.93. The van der Waals surface area contributed by atoms with E-state index in [1.165, 1.54) is 10.2 Å². The van der Waals surface area contributed by atoms with Gasteiger partial charge < -0.3 is 10.4 Å². The van der Waals surface area contributed by atoms with E-state index >= 15 is 0 Å². The molecule has 0 radical (unpaired) electrons. The predicted octanol–water partition coefficient (Wildman–Crippen LogP) is 1.79. The molecule has 2 aliphatic rings. The monoisotopic (exact) mass is 370 g/mol. The second-order valence-electron chi connectivity index (χ2n) is 7.49. The fourth-order valence-electron chi connectivity index (χ4n) is 4.07. The lowest BCUT2D eigenvalue weighted by Gasteiger charge is -2.17. The fourth-order valence-corrected chi connectivity index (χ4v) is 4.07. The molecule has 1 aliphatic carbocycles. The van der Waals surface area contributed by atoms with Gasteiger partial charge in [-0.1, -0.05) is 0 Å². The molecule has 0 bridgehead atoms. The minimum atomic E-state index is -0.266. The molecule has 0 atom stereocenters. The Morgan fingerprint density at radius 3 is 2.63 bits per heavy atom. The summed E-state index contributed by atoms with van der Waals surface area (Å²) in [7, 11) is 0. The molecule has 0 spiro atoms. The third-order valence-electron chi connectivity index (χ3n) is 5.57. The smallest absolute Gasteiger partial charge is 0.345 e. The maximum Gasteiger partial charge on any atom is 0.345 e. The molecule has 1 aromatic heterocycles. The lowest BCUT2D eigenvalue weighted by Crippen LogP contribution is -2.29. The van der Waals surface area contributed by atoms with E-state index in [0.717, 1.165) is 62.9 Å². The zero-order valence-electron chi connectivity index (χ0n) is 15.5. The second kappa shape index (κ2) is 7.58. The average Bonchev–Trinajstić information content (AvgIpc) is 3.00. The molecule has 1 amide bonds. The zero-order chi connectivity index (χ0) is 18.8. The van der Waals surface area contributed by atoms with Crippen molar-refractivity contribution in [3.8, 4) is 5.75 Å². The van der Waals surface area contributed by atoms with Crippen molar-refractivity contribution in [3.05, 3.63) is 45.1 Å². The van der Waals surface area contributed by atoms with Gasteiger partial charge in [0.05, 0.1) is 5.56 Å². The molecule has 0 saturated heterocycles. The van der Waals surface area contributed by atoms with E-state index in [2.05, 4.69) is 10.4 Å². The van der Waals surface area contributed by atoms with E-state index in [-0.39, 0.29) is 17.3 Å². The van der Waals surface area contributed by atoms with E-state index in [4.69, 9.17) is 0 Å². The van der Waals surface area contributed by atoms with Gasteiger partial charge in [0.15, 0.2) is 0 Å². The van der Waals surface area contributed by atoms with Gasteiger partial charge in [-0.05, 0) is 68.2 Å². The summed E-state index contributed by atoms with van der Waals surface area (Å²) in [6.45, 7) is 1.67. The summed E-state index contributed by atoms with van der Waals surface area (Å²) in [5.41, 5.74) is 2.60. The van der Waals surface area contributed by atoms with Gasteiger partial charge in [0, 0.05) is 26.1 Å². The van der Waals surface area contributed by atoms with Gasteiger partial charge in [-0.2, -0.15) is 5.10 Å². The Labute approximate surface area is 158 Å². The number of hydrogen-bond donors (Lipinski definition) is 2. The van der Waals surface area contributed by atoms with Crippen LogP contribution in [0, 0.1) is 0 Å². The first-order chi connectivity index (χ1) is 13.1. The van der Waals surface area contributed by atoms with Crippen LogP contribution in [0.15, 0.2) is 16.9 Å². The minimum absolute atomic E-state index is 0.0474. The van der Waals surface area contributed by atoms with Crippen molar-refractivity contribution < 1.29 is 9.90 Å². The van der Waals surface area contributed by atoms with Crippen molar-refractivity contribution in [1.82, 2.24) is 19.7 Å². The predicted molar refractivity (Wildman–Crippen MR) is 101 cm³/mol. The average molecular weight is 370 g/mol. The number of nitrogens with zero attached hydrogens (tertiary/aromatic N) is 3. The number of carbonyl (C=O) groups is 1. The number of aromatic nitrogens is 3. The van der Waals surface area contributed by atoms with Crippen molar-refractivity contribution in [2.24, 2.45) is 0 Å². The molecule has 1 aromatic carbocycles. The maximum absolute atomic E-state index is 12.4. The van der Waals surface area contributed by atoms with Crippen LogP contribution in [-0.2, 0) is 32.4 Å². The number of carbonyl (C=O) groups excluding carboxylic acids is 1. The highest BCUT2D eigenvalue weighted by Crippen LogP contribution is 2.28. The Hall–Kier alpha value is -2.57. The topological polar surface area (TPSA) is 89.2 Å². The summed E-state index contributed by atoms with van der Waals surface area (Å²) in [5.74, 6) is 0.651. The van der Waals surface area contributed by atoms with Gasteiger partial charge in [0.1, 0.15) is 11.6 Å². The molecule has 27 heavy (non-hydrogen) atoms. The molecule has 0 saturated carbocycles. The first kappa shape index (κ1) is 17.8. The summed E-state index contributed by atoms with van der Waals surface area (Å²) < 4.78 is 3.26. The van der Waals surface area contributed by atoms with Crippen LogP contribution in [0.4, 0.5) is 0 Å². The molecule has 2 heterocycles. The number of aromatic hydroxyl groups is 1. The molecule has 144 valence electrons. The lowest BCUT2D eigenvalue weighted by molar-refractivity contribution is 0.0949. The second-order valence-corrected chi connectivity index (χ2v) is 7.49. The van der Waals surface area contributed by atoms with Crippen molar-refractivity contribution in [2.75, 3.05) is 6.54 Å². The molecule has 2 N–H and O–H groups in total. The molecule has 0 unspecified atom stereocenters. The molecular weight excluding hydrogens is 344 g/mol. The molecule has 4 rings (SSSR count). The molecule has 7 nitrogen and oxygen atoms in total. The number of rotatable bonds is 5. The third kappa shape index (κ3) is 3.63. The molecule has 2 aromatic rings. The van der Waals surface area contributed by atoms with E-state index in [0.29, 0.717) is 25.1 Å². The standard InChI is InChI=1S/C20H26N4O3/c25-17-13-15-7-2-1-6-14(15)12-16(17)19(26)21-9-5-11-24-20(27)23-10-4-3-8-18(23)22-24/h12-13,25H,1-11H2,(H,21,26). The van der Waals surface area contributed by atoms with E-state index < -0.39 is 0 Å². The van der Waals surface area contributed by atoms with E-state index in [1.54, 1.807) is 10.6 Å². The number of phenols is 1. The van der Waals surface area contributed by atoms with Crippen molar-refractivity contribution >= 4 is 5.91 Å². The fraction of sp³-hybridized carbons (Fsp3) is 0.550. The van der Waals surface area contributed by atoms with Crippen LogP contribution in [0.25, 0.3) is 0 Å². The number of phenolic OH excluding ortho intramolecular Hbond substituents is 1. The number of aryl methyl sites for hydroxylation is 4. The number of amides is 1. The van der Waals surface area contributed by atoms with Crippen molar-refractivity contribution in [1.29, 1.82) is 0 Å². The molecular formula is C20H26N4O3. The van der Waals surface area contributed by atoms with Crippen LogP contribution in [0.3, 0.4) is 0 Å². The van der Waals surface area contributed by atoms with Gasteiger partial charge >= 0.3 is 5.69 Å². The third-order valence-corrected chi connectivity index (χ3v) is 5.57. The summed E-state index contributed by atoms with van der Waals surface area (Å²) in [6, 6.07) is 3.56. The maximum atomic E-state index is 12.4. The number of nitrogens with one attached hydrogen (secondary N) is 1. The Balaban J connectivity index is 1.34. The summed E-state index contributed by atoms with van der Waals surface area (Å²) in [4.78, 5) is 24.7. The van der Waals surface area contributed by atoms with Gasteiger partial charge in [-0.3, -0.25) is 9.36 Å². The van der Waals surface area contributed by atoms with E-state index in [1.807, 2.05) is 6.07 Å². The Morgan fingerprint density at radius 1 is 1.11 bits per heavy atom. The quantitative estimate of drug-likeness (QED) is 0.785. The Bertz CT molecular complexity index is 913. The van der Waals surface area contributed by atoms with Crippen LogP contribution in [0.1, 0.15) is 59.4 Å². The summed E-state index contributed by atoms with van der Waals surface area (Å²) >= 11 is 0. The van der Waals surface area contributed by atoms with Gasteiger partial charge in [0.2, 0.25) is 0 Å². The van der Waals surface area contributed by atoms with Gasteiger partial charge in [-0.25, -0.2) is 9.48 Å². The lowest BCUT2D eigenvalue weighted by atomic mass is 9.90. The van der Waals surface area contributed by atoms with Crippen LogP contribution in [0.2, 0.25) is 0 Å². The van der Waals surface area contributed by atoms with Gasteiger partial charge in [0.25, 0.3) is 5.91 Å². The number of benzene rings is 1. The highest BCUT2D eigenvalue weighted by molar-refractivity contribution is 5.97. The van der Waals surface area contributed by atoms with Crippen molar-refractivity contribution in [2.45, 2.75) is 64.5 Å². The SMILES string of the molecule is O=C(NCCCn1nc2n(c1=O)CCCC2)c1cc2c(cc1O)CCCC2. The first-order valence-corrected chi connectivity index (χ1v) is 9.93. The zero-order valence-corrected chi connectivity index (χ0v) is 15.5. The highest BCUT2D eigenvalue weighted by atomic mass is 16.3. The number of hydrogen-bond acceptors (Lipinski definition) is 4. The van der Waals surface area contributed by atoms with Crippen LogP contribution in [-0.4, -0.2) is 31.9 Å². The normalized spacial score (nSPS) is 15.9.